The second kappa shape index (κ2) is 8.20. The topological polar surface area (TPSA) is 17.1 Å². The molecule has 0 N–H and O–H groups in total. The van der Waals surface area contributed by atoms with Crippen LogP contribution in [-0.2, 0) is 4.79 Å². The molecule has 0 bridgehead atoms. The van der Waals surface area contributed by atoms with Gasteiger partial charge in [0.1, 0.15) is 6.29 Å². The summed E-state index contributed by atoms with van der Waals surface area (Å²) in [7, 11) is 0. The number of rotatable bonds is 6. The molecule has 0 aliphatic heterocycles. The van der Waals surface area contributed by atoms with Gasteiger partial charge in [-0.3, -0.25) is 0 Å². The fraction of sp³-hybridized carbons (Fsp3) is 0.857. The van der Waals surface area contributed by atoms with E-state index in [1.807, 2.05) is 0 Å². The van der Waals surface area contributed by atoms with Crippen LogP contribution in [0.1, 0.15) is 26.2 Å². The largest absolute Gasteiger partial charge is 0.303 e. The van der Waals surface area contributed by atoms with Crippen LogP contribution < -0.4 is 0 Å². The van der Waals surface area contributed by atoms with Gasteiger partial charge in [-0.1, -0.05) is 30.3 Å². The molecule has 0 aliphatic rings. The average molecular weight is 142 g/mol. The maximum atomic E-state index is 9.85. The first kappa shape index (κ1) is 9.20. The van der Waals surface area contributed by atoms with Gasteiger partial charge in [-0.05, 0) is 0 Å². The fourth-order valence-corrected chi connectivity index (χ4v) is 2.33. The second-order valence-corrected chi connectivity index (χ2v) is 4.49. The van der Waals surface area contributed by atoms with Crippen molar-refractivity contribution >= 4 is 21.5 Å². The van der Waals surface area contributed by atoms with Gasteiger partial charge in [0, 0.05) is 6.42 Å². The highest BCUT2D eigenvalue weighted by Crippen LogP contribution is 1.96. The van der Waals surface area contributed by atoms with Gasteiger partial charge in [-0.25, -0.2) is 0 Å². The molecule has 52 valence electrons. The van der Waals surface area contributed by atoms with Crippen LogP contribution in [0.25, 0.3) is 0 Å². The van der Waals surface area contributed by atoms with Crippen molar-refractivity contribution in [3.05, 3.63) is 0 Å². The molecule has 9 heavy (non-hydrogen) atoms. The van der Waals surface area contributed by atoms with Gasteiger partial charge in [-0.2, -0.15) is 0 Å². The molecule has 0 aromatic heterocycles. The lowest BCUT2D eigenvalue weighted by molar-refractivity contribution is -0.107. The van der Waals surface area contributed by atoms with Crippen molar-refractivity contribution in [1.82, 2.24) is 0 Å². The molecule has 0 rings (SSSR count). The molecule has 0 radical (unpaired) electrons. The summed E-state index contributed by atoms with van der Waals surface area (Å²) in [5.74, 6) is 0. The Morgan fingerprint density at radius 1 is 1.44 bits per heavy atom. The normalized spacial score (nSPS) is 9.00. The zero-order valence-corrected chi connectivity index (χ0v) is 7.64. The number of hydrogen-bond donors (Lipinski definition) is 0. The molecule has 0 atom stereocenters. The van der Waals surface area contributed by atoms with Gasteiger partial charge in [0.15, 0.2) is 0 Å². The van der Waals surface area contributed by atoms with Crippen LogP contribution in [0.3, 0.4) is 0 Å². The number of hydrogen-bond acceptors (Lipinski definition) is 1. The van der Waals surface area contributed by atoms with Crippen molar-refractivity contribution in [1.29, 1.82) is 0 Å². The zero-order valence-electron chi connectivity index (χ0n) is 6.23. The Bertz CT molecular complexity index is 63.9. The highest BCUT2D eigenvalue weighted by atomic mass is 27.1. The van der Waals surface area contributed by atoms with Gasteiger partial charge < -0.3 is 4.79 Å². The summed E-state index contributed by atoms with van der Waals surface area (Å²) in [5.41, 5.74) is 0. The Morgan fingerprint density at radius 3 is 2.78 bits per heavy atom. The summed E-state index contributed by atoms with van der Waals surface area (Å²) in [5, 5.41) is 2.82. The SMILES string of the molecule is CC[CH2][AlH][CH2]CCC=O. The molecule has 0 aliphatic carbocycles. The third-order valence-corrected chi connectivity index (χ3v) is 3.63. The van der Waals surface area contributed by atoms with E-state index in [-0.39, 0.29) is 15.2 Å². The van der Waals surface area contributed by atoms with Gasteiger partial charge in [-0.15, -0.1) is 0 Å². The zero-order chi connectivity index (χ0) is 6.95. The first-order valence-corrected chi connectivity index (χ1v) is 5.85. The van der Waals surface area contributed by atoms with Gasteiger partial charge in [0.25, 0.3) is 0 Å². The lowest BCUT2D eigenvalue weighted by atomic mass is 10.4. The van der Waals surface area contributed by atoms with Crippen LogP contribution in [0.5, 0.6) is 0 Å². The van der Waals surface area contributed by atoms with Gasteiger partial charge in [0.05, 0.1) is 0 Å². The Labute approximate surface area is 63.5 Å². The van der Waals surface area contributed by atoms with E-state index in [0.29, 0.717) is 0 Å². The summed E-state index contributed by atoms with van der Waals surface area (Å²) in [6.45, 7) is 2.23. The summed E-state index contributed by atoms with van der Waals surface area (Å²) in [4.78, 5) is 9.85. The quantitative estimate of drug-likeness (QED) is 0.313. The highest BCUT2D eigenvalue weighted by Gasteiger charge is 1.90. The van der Waals surface area contributed by atoms with Crippen LogP contribution in [-0.4, -0.2) is 21.5 Å². The van der Waals surface area contributed by atoms with Crippen molar-refractivity contribution in [3.63, 3.8) is 0 Å². The first-order chi connectivity index (χ1) is 4.41. The molecule has 0 aromatic carbocycles. The minimum atomic E-state index is 0.232. The molecule has 0 spiro atoms. The first-order valence-electron chi connectivity index (χ1n) is 3.85. The van der Waals surface area contributed by atoms with Crippen molar-refractivity contribution in [2.24, 2.45) is 0 Å². The summed E-state index contributed by atoms with van der Waals surface area (Å²) in [6.07, 6.45) is 4.31. The molecule has 0 unspecified atom stereocenters. The molecular formula is C7H15AlO. The minimum Gasteiger partial charge on any atom is -0.303 e. The standard InChI is InChI=1S/C4H7O.C3H7.Al.H/c1-2-3-4-5;1-3-2;;/h4H,1-3H2;1,3H2,2H3;;. The Morgan fingerprint density at radius 2 is 2.22 bits per heavy atom. The number of unbranched alkanes of at least 4 members (excludes halogenated alkanes) is 1. The maximum absolute atomic E-state index is 9.85. The van der Waals surface area contributed by atoms with E-state index in [2.05, 4.69) is 6.92 Å². The van der Waals surface area contributed by atoms with E-state index in [9.17, 15) is 4.79 Å². The van der Waals surface area contributed by atoms with Crippen LogP contribution in [0.2, 0.25) is 10.6 Å². The highest BCUT2D eigenvalue weighted by molar-refractivity contribution is 6.35. The average Bonchev–Trinajstić information content (AvgIpc) is 1.89. The lowest BCUT2D eigenvalue weighted by Crippen LogP contribution is -1.87. The minimum absolute atomic E-state index is 0.232. The summed E-state index contributed by atoms with van der Waals surface area (Å²) in [6, 6.07) is 0. The van der Waals surface area contributed by atoms with E-state index in [4.69, 9.17) is 0 Å². The lowest BCUT2D eigenvalue weighted by Gasteiger charge is -1.90. The number of aldehydes is 1. The second-order valence-electron chi connectivity index (χ2n) is 2.37. The number of carbonyl (C=O) groups excluding carboxylic acids is 1. The predicted molar refractivity (Wildman–Crippen MR) is 42.4 cm³/mol. The van der Waals surface area contributed by atoms with Crippen molar-refractivity contribution in [3.8, 4) is 0 Å². The molecule has 0 heterocycles. The van der Waals surface area contributed by atoms with Crippen molar-refractivity contribution in [2.45, 2.75) is 36.8 Å². The van der Waals surface area contributed by atoms with Gasteiger partial charge in [0.2, 0.25) is 15.2 Å². The molecule has 1 nitrogen and oxygen atoms in total. The van der Waals surface area contributed by atoms with E-state index < -0.39 is 0 Å². The predicted octanol–water partition coefficient (Wildman–Crippen LogP) is 1.65. The Balaban J connectivity index is 2.66. The molecule has 2 heteroatoms. The molecule has 0 saturated heterocycles. The number of carbonyl (C=O) groups is 1. The van der Waals surface area contributed by atoms with E-state index >= 15 is 0 Å². The third-order valence-electron chi connectivity index (χ3n) is 1.43. The van der Waals surface area contributed by atoms with E-state index in [1.165, 1.54) is 17.0 Å². The van der Waals surface area contributed by atoms with Crippen molar-refractivity contribution in [2.75, 3.05) is 0 Å². The van der Waals surface area contributed by atoms with Crippen LogP contribution in [0, 0.1) is 0 Å². The van der Waals surface area contributed by atoms with Gasteiger partial charge >= 0.3 is 0 Å². The summed E-state index contributed by atoms with van der Waals surface area (Å²) >= 11 is 0.232. The van der Waals surface area contributed by atoms with Crippen LogP contribution >= 0.6 is 0 Å². The molecule has 0 fully saturated rings. The van der Waals surface area contributed by atoms with Crippen LogP contribution in [0.15, 0.2) is 0 Å². The maximum Gasteiger partial charge on any atom is 0.236 e. The third kappa shape index (κ3) is 8.20. The smallest absolute Gasteiger partial charge is 0.236 e. The van der Waals surface area contributed by atoms with Crippen LogP contribution in [0.4, 0.5) is 0 Å². The van der Waals surface area contributed by atoms with E-state index in [1.54, 1.807) is 0 Å². The molecular weight excluding hydrogens is 127 g/mol. The Kier molecular flexibility index (Phi) is 8.39. The summed E-state index contributed by atoms with van der Waals surface area (Å²) < 4.78 is 0. The molecule has 0 amide bonds. The molecule has 0 aromatic rings. The van der Waals surface area contributed by atoms with Crippen molar-refractivity contribution < 1.29 is 4.79 Å². The monoisotopic (exact) mass is 142 g/mol. The molecule has 0 saturated carbocycles. The Hall–Kier alpha value is 0.202. The fourth-order valence-electron chi connectivity index (χ4n) is 0.831. The van der Waals surface area contributed by atoms with E-state index in [0.717, 1.165) is 19.1 Å².